The van der Waals surface area contributed by atoms with Crippen molar-refractivity contribution in [1.82, 2.24) is 10.3 Å². The number of thiazole rings is 1. The maximum absolute atomic E-state index is 13.9. The Balaban J connectivity index is 1.51. The number of fused-ring (bicyclic) bond motifs is 1. The fraction of sp³-hybridized carbons (Fsp3) is 0.100. The van der Waals surface area contributed by atoms with Crippen LogP contribution in [0.2, 0.25) is 0 Å². The van der Waals surface area contributed by atoms with Gasteiger partial charge in [0.1, 0.15) is 16.4 Å². The van der Waals surface area contributed by atoms with Gasteiger partial charge in [-0.25, -0.2) is 9.37 Å². The number of benzene rings is 2. The van der Waals surface area contributed by atoms with Crippen LogP contribution >= 0.6 is 11.3 Å². The molecule has 1 N–H and O–H groups in total. The monoisotopic (exact) mass is 366 g/mol. The molecule has 4 aromatic rings. The number of carbonyl (C=O) groups excluding carboxylic acids is 1. The molecule has 0 spiro atoms. The van der Waals surface area contributed by atoms with E-state index in [4.69, 9.17) is 4.42 Å². The van der Waals surface area contributed by atoms with Crippen molar-refractivity contribution in [3.63, 3.8) is 0 Å². The predicted octanol–water partition coefficient (Wildman–Crippen LogP) is 4.93. The molecule has 0 radical (unpaired) electrons. The molecule has 0 bridgehead atoms. The van der Waals surface area contributed by atoms with Gasteiger partial charge < -0.3 is 9.73 Å². The Morgan fingerprint density at radius 3 is 2.77 bits per heavy atom. The Hall–Kier alpha value is -2.99. The fourth-order valence-corrected chi connectivity index (χ4v) is 3.71. The second kappa shape index (κ2) is 6.72. The first-order chi connectivity index (χ1) is 12.6. The second-order valence-electron chi connectivity index (χ2n) is 5.84. The Bertz CT molecular complexity index is 1070. The lowest BCUT2D eigenvalue weighted by molar-refractivity contribution is 0.0925. The van der Waals surface area contributed by atoms with Crippen molar-refractivity contribution in [3.05, 3.63) is 76.7 Å². The second-order valence-corrected chi connectivity index (χ2v) is 6.92. The molecule has 4 nitrogen and oxygen atoms in total. The number of aromatic nitrogens is 1. The molecule has 6 heteroatoms. The van der Waals surface area contributed by atoms with Crippen LogP contribution in [0.4, 0.5) is 4.39 Å². The maximum Gasteiger partial charge on any atom is 0.287 e. The minimum absolute atomic E-state index is 0.266. The van der Waals surface area contributed by atoms with E-state index >= 15 is 0 Å². The van der Waals surface area contributed by atoms with Gasteiger partial charge in [-0.05, 0) is 31.2 Å². The molecule has 2 aromatic heterocycles. The van der Waals surface area contributed by atoms with Gasteiger partial charge in [-0.1, -0.05) is 30.3 Å². The molecule has 1 amide bonds. The average Bonchev–Trinajstić information content (AvgIpc) is 3.23. The van der Waals surface area contributed by atoms with Crippen LogP contribution in [0.1, 0.15) is 21.1 Å². The first-order valence-electron chi connectivity index (χ1n) is 8.10. The van der Waals surface area contributed by atoms with Crippen LogP contribution in [0.3, 0.4) is 0 Å². The summed E-state index contributed by atoms with van der Waals surface area (Å²) in [6.07, 6.45) is 0. The number of amides is 1. The largest absolute Gasteiger partial charge is 0.451 e. The molecule has 0 saturated carbocycles. The van der Waals surface area contributed by atoms with Crippen LogP contribution in [-0.4, -0.2) is 10.9 Å². The molecule has 0 fully saturated rings. The number of hydrogen-bond donors (Lipinski definition) is 1. The molecule has 130 valence electrons. The van der Waals surface area contributed by atoms with Gasteiger partial charge in [0.15, 0.2) is 5.76 Å². The predicted molar refractivity (Wildman–Crippen MR) is 99.6 cm³/mol. The number of para-hydroxylation sites is 1. The van der Waals surface area contributed by atoms with Gasteiger partial charge in [0.25, 0.3) is 5.91 Å². The molecule has 0 unspecified atom stereocenters. The van der Waals surface area contributed by atoms with Crippen LogP contribution in [-0.2, 0) is 6.54 Å². The molecule has 4 rings (SSSR count). The molecule has 0 aliphatic rings. The van der Waals surface area contributed by atoms with Gasteiger partial charge in [0.2, 0.25) is 0 Å². The summed E-state index contributed by atoms with van der Waals surface area (Å²) in [6, 6.07) is 15.7. The quantitative estimate of drug-likeness (QED) is 0.557. The SMILES string of the molecule is Cc1nc(-c2ccccc2F)sc1CNC(=O)c1cc2ccccc2o1. The van der Waals surface area contributed by atoms with Crippen molar-refractivity contribution in [2.45, 2.75) is 13.5 Å². The zero-order valence-electron chi connectivity index (χ0n) is 14.0. The summed E-state index contributed by atoms with van der Waals surface area (Å²) in [7, 11) is 0. The van der Waals surface area contributed by atoms with Crippen LogP contribution < -0.4 is 5.32 Å². The first kappa shape index (κ1) is 16.5. The third-order valence-corrected chi connectivity index (χ3v) is 5.25. The van der Waals surface area contributed by atoms with Crippen LogP contribution in [0.5, 0.6) is 0 Å². The van der Waals surface area contributed by atoms with Crippen molar-refractivity contribution in [1.29, 1.82) is 0 Å². The molecule has 0 aliphatic carbocycles. The van der Waals surface area contributed by atoms with Crippen molar-refractivity contribution in [3.8, 4) is 10.6 Å². The number of halogens is 1. The highest BCUT2D eigenvalue weighted by molar-refractivity contribution is 7.15. The van der Waals surface area contributed by atoms with E-state index in [-0.39, 0.29) is 17.5 Å². The van der Waals surface area contributed by atoms with E-state index in [1.165, 1.54) is 17.4 Å². The molecule has 0 saturated heterocycles. The van der Waals surface area contributed by atoms with E-state index in [0.717, 1.165) is 16.0 Å². The fourth-order valence-electron chi connectivity index (χ4n) is 2.68. The average molecular weight is 366 g/mol. The highest BCUT2D eigenvalue weighted by atomic mass is 32.1. The molecule has 2 heterocycles. The highest BCUT2D eigenvalue weighted by Crippen LogP contribution is 2.29. The van der Waals surface area contributed by atoms with E-state index in [1.54, 1.807) is 24.3 Å². The van der Waals surface area contributed by atoms with Crippen molar-refractivity contribution < 1.29 is 13.6 Å². The van der Waals surface area contributed by atoms with Gasteiger partial charge >= 0.3 is 0 Å². The summed E-state index contributed by atoms with van der Waals surface area (Å²) in [4.78, 5) is 17.7. The summed E-state index contributed by atoms with van der Waals surface area (Å²) in [5.74, 6) is -0.330. The van der Waals surface area contributed by atoms with Crippen molar-refractivity contribution in [2.75, 3.05) is 0 Å². The van der Waals surface area contributed by atoms with E-state index in [0.29, 0.717) is 22.7 Å². The minimum Gasteiger partial charge on any atom is -0.451 e. The lowest BCUT2D eigenvalue weighted by atomic mass is 10.2. The lowest BCUT2D eigenvalue weighted by Crippen LogP contribution is -2.22. The third-order valence-electron chi connectivity index (χ3n) is 4.06. The molecule has 0 aliphatic heterocycles. The highest BCUT2D eigenvalue weighted by Gasteiger charge is 2.15. The molecule has 26 heavy (non-hydrogen) atoms. The third kappa shape index (κ3) is 3.11. The van der Waals surface area contributed by atoms with Gasteiger partial charge in [0, 0.05) is 15.8 Å². The van der Waals surface area contributed by atoms with Gasteiger partial charge in [-0.3, -0.25) is 4.79 Å². The number of hydrogen-bond acceptors (Lipinski definition) is 4. The molecule has 2 aromatic carbocycles. The minimum atomic E-state index is -0.306. The summed E-state index contributed by atoms with van der Waals surface area (Å²) in [5.41, 5.74) is 1.92. The zero-order chi connectivity index (χ0) is 18.1. The van der Waals surface area contributed by atoms with E-state index < -0.39 is 0 Å². The van der Waals surface area contributed by atoms with Gasteiger partial charge in [-0.2, -0.15) is 0 Å². The van der Waals surface area contributed by atoms with E-state index in [1.807, 2.05) is 31.2 Å². The van der Waals surface area contributed by atoms with Crippen LogP contribution in [0.25, 0.3) is 21.5 Å². The topological polar surface area (TPSA) is 55.1 Å². The Labute approximate surface area is 153 Å². The van der Waals surface area contributed by atoms with E-state index in [2.05, 4.69) is 10.3 Å². The van der Waals surface area contributed by atoms with Crippen LogP contribution in [0.15, 0.2) is 59.0 Å². The number of aryl methyl sites for hydroxylation is 1. The maximum atomic E-state index is 13.9. The van der Waals surface area contributed by atoms with E-state index in [9.17, 15) is 9.18 Å². The summed E-state index contributed by atoms with van der Waals surface area (Å²) < 4.78 is 19.5. The lowest BCUT2D eigenvalue weighted by Gasteiger charge is -2.01. The first-order valence-corrected chi connectivity index (χ1v) is 8.91. The van der Waals surface area contributed by atoms with Crippen molar-refractivity contribution >= 4 is 28.2 Å². The molecule has 0 atom stereocenters. The summed E-state index contributed by atoms with van der Waals surface area (Å²) >= 11 is 1.37. The van der Waals surface area contributed by atoms with Gasteiger partial charge in [0.05, 0.1) is 12.2 Å². The Morgan fingerprint density at radius 1 is 1.19 bits per heavy atom. The summed E-state index contributed by atoms with van der Waals surface area (Å²) in [6.45, 7) is 2.16. The van der Waals surface area contributed by atoms with Crippen molar-refractivity contribution in [2.24, 2.45) is 0 Å². The summed E-state index contributed by atoms with van der Waals surface area (Å²) in [5, 5.41) is 4.33. The number of furan rings is 1. The molecular formula is C20H15FN2O2S. The smallest absolute Gasteiger partial charge is 0.287 e. The number of carbonyl (C=O) groups is 1. The van der Waals surface area contributed by atoms with Crippen LogP contribution in [0, 0.1) is 12.7 Å². The normalized spacial score (nSPS) is 11.0. The number of nitrogens with one attached hydrogen (secondary N) is 1. The Kier molecular flexibility index (Phi) is 4.26. The zero-order valence-corrected chi connectivity index (χ0v) is 14.8. The number of nitrogens with zero attached hydrogens (tertiary/aromatic N) is 1. The Morgan fingerprint density at radius 2 is 1.96 bits per heavy atom. The standard InChI is InChI=1S/C20H15FN2O2S/c1-12-18(26-20(23-12)14-7-3-4-8-15(14)21)11-22-19(24)17-10-13-6-2-5-9-16(13)25-17/h2-10H,11H2,1H3,(H,22,24). The van der Waals surface area contributed by atoms with Gasteiger partial charge in [-0.15, -0.1) is 11.3 Å². The molecular weight excluding hydrogens is 351 g/mol. The number of rotatable bonds is 4.